The topological polar surface area (TPSA) is 63.4 Å². The zero-order valence-corrected chi connectivity index (χ0v) is 7.43. The number of benzene rings is 1. The van der Waals surface area contributed by atoms with Crippen LogP contribution in [0.2, 0.25) is 0 Å². The third-order valence-corrected chi connectivity index (χ3v) is 2.11. The van der Waals surface area contributed by atoms with Gasteiger partial charge in [0.1, 0.15) is 5.75 Å². The van der Waals surface area contributed by atoms with Crippen LogP contribution in [-0.2, 0) is 0 Å². The van der Waals surface area contributed by atoms with Gasteiger partial charge in [-0.25, -0.2) is 0 Å². The minimum Gasteiger partial charge on any atom is -0.508 e. The fraction of sp³-hybridized carbons (Fsp3) is 0.200. The van der Waals surface area contributed by atoms with Crippen molar-refractivity contribution in [3.63, 3.8) is 0 Å². The van der Waals surface area contributed by atoms with Crippen LogP contribution in [0.5, 0.6) is 5.75 Å². The summed E-state index contributed by atoms with van der Waals surface area (Å²) in [4.78, 5) is 10.2. The van der Waals surface area contributed by atoms with Gasteiger partial charge in [0.05, 0.1) is 10.5 Å². The number of phenolic OH excluding ortho intramolecular Hbond substituents is 1. The van der Waals surface area contributed by atoms with Crippen molar-refractivity contribution in [2.75, 3.05) is 0 Å². The third kappa shape index (κ3) is 1.74. The summed E-state index contributed by atoms with van der Waals surface area (Å²) in [5.74, 6) is 0.0584. The molecule has 1 saturated carbocycles. The Hall–Kier alpha value is -1.84. The summed E-state index contributed by atoms with van der Waals surface area (Å²) in [7, 11) is 0. The number of hydrogen-bond donors (Lipinski definition) is 1. The van der Waals surface area contributed by atoms with Crippen LogP contribution in [0.3, 0.4) is 0 Å². The van der Waals surface area contributed by atoms with E-state index in [1.807, 2.05) is 0 Å². The average molecular weight is 191 g/mol. The summed E-state index contributed by atoms with van der Waals surface area (Å²) in [5, 5.41) is 19.8. The molecule has 2 rings (SSSR count). The van der Waals surface area contributed by atoms with Gasteiger partial charge in [0.25, 0.3) is 5.69 Å². The molecule has 0 aliphatic heterocycles. The molecular weight excluding hydrogens is 182 g/mol. The van der Waals surface area contributed by atoms with E-state index >= 15 is 0 Å². The molecule has 1 fully saturated rings. The van der Waals surface area contributed by atoms with Crippen LogP contribution in [0.1, 0.15) is 18.4 Å². The molecule has 1 aliphatic carbocycles. The van der Waals surface area contributed by atoms with Gasteiger partial charge in [0.2, 0.25) is 0 Å². The van der Waals surface area contributed by atoms with E-state index in [0.29, 0.717) is 5.56 Å². The van der Waals surface area contributed by atoms with Crippen molar-refractivity contribution in [2.45, 2.75) is 12.8 Å². The summed E-state index contributed by atoms with van der Waals surface area (Å²) in [6.45, 7) is 0. The molecule has 0 saturated heterocycles. The van der Waals surface area contributed by atoms with Gasteiger partial charge >= 0.3 is 0 Å². The standard InChI is InChI=1S/C10H9NO3/c12-9-3-4-10(11(13)14)8(6-9)5-7-1-2-7/h3-6,12H,1-2H2. The van der Waals surface area contributed by atoms with E-state index < -0.39 is 4.92 Å². The van der Waals surface area contributed by atoms with Crippen LogP contribution < -0.4 is 0 Å². The maximum absolute atomic E-state index is 10.6. The summed E-state index contributed by atoms with van der Waals surface area (Å²) in [6, 6.07) is 4.07. The summed E-state index contributed by atoms with van der Waals surface area (Å²) in [5.41, 5.74) is 1.73. The van der Waals surface area contributed by atoms with Crippen molar-refractivity contribution in [3.05, 3.63) is 39.4 Å². The first-order chi connectivity index (χ1) is 6.66. The van der Waals surface area contributed by atoms with E-state index in [0.717, 1.165) is 12.8 Å². The fourth-order valence-corrected chi connectivity index (χ4v) is 1.26. The van der Waals surface area contributed by atoms with Gasteiger partial charge in [-0.3, -0.25) is 10.1 Å². The minimum atomic E-state index is -0.436. The molecule has 0 atom stereocenters. The van der Waals surface area contributed by atoms with Crippen molar-refractivity contribution in [2.24, 2.45) is 0 Å². The molecule has 0 spiro atoms. The largest absolute Gasteiger partial charge is 0.508 e. The summed E-state index contributed by atoms with van der Waals surface area (Å²) >= 11 is 0. The molecule has 1 N–H and O–H groups in total. The number of hydrogen-bond acceptors (Lipinski definition) is 3. The number of nitro groups is 1. The molecule has 0 amide bonds. The van der Waals surface area contributed by atoms with Crippen LogP contribution in [0.15, 0.2) is 23.8 Å². The number of nitrogens with zero attached hydrogens (tertiary/aromatic N) is 1. The van der Waals surface area contributed by atoms with Crippen LogP contribution in [0.4, 0.5) is 5.69 Å². The predicted octanol–water partition coefficient (Wildman–Crippen LogP) is 2.48. The second-order valence-corrected chi connectivity index (χ2v) is 3.30. The first-order valence-corrected chi connectivity index (χ1v) is 4.33. The van der Waals surface area contributed by atoms with Gasteiger partial charge in [-0.05, 0) is 31.1 Å². The Bertz CT molecular complexity index is 417. The lowest BCUT2D eigenvalue weighted by Gasteiger charge is -1.97. The van der Waals surface area contributed by atoms with Gasteiger partial charge in [-0.2, -0.15) is 0 Å². The lowest BCUT2D eigenvalue weighted by atomic mass is 10.1. The zero-order chi connectivity index (χ0) is 10.1. The number of allylic oxidation sites excluding steroid dienone is 1. The first-order valence-electron chi connectivity index (χ1n) is 4.33. The van der Waals surface area contributed by atoms with Crippen molar-refractivity contribution in [1.29, 1.82) is 0 Å². The Kier molecular flexibility index (Phi) is 1.96. The number of phenols is 1. The van der Waals surface area contributed by atoms with Crippen LogP contribution in [0, 0.1) is 10.1 Å². The van der Waals surface area contributed by atoms with Gasteiger partial charge in [-0.15, -0.1) is 0 Å². The number of nitro benzene ring substituents is 1. The van der Waals surface area contributed by atoms with E-state index in [1.165, 1.54) is 23.8 Å². The zero-order valence-electron chi connectivity index (χ0n) is 7.43. The average Bonchev–Trinajstić information content (AvgIpc) is 2.87. The van der Waals surface area contributed by atoms with Crippen molar-refractivity contribution >= 4 is 11.8 Å². The van der Waals surface area contributed by atoms with E-state index in [9.17, 15) is 15.2 Å². The third-order valence-electron chi connectivity index (χ3n) is 2.11. The maximum atomic E-state index is 10.6. The molecule has 1 aromatic carbocycles. The molecule has 4 heteroatoms. The van der Waals surface area contributed by atoms with E-state index in [2.05, 4.69) is 0 Å². The SMILES string of the molecule is O=[N+]([O-])c1ccc(O)cc1C=C1CC1. The Morgan fingerprint density at radius 2 is 2.14 bits per heavy atom. The Morgan fingerprint density at radius 3 is 2.71 bits per heavy atom. The molecule has 14 heavy (non-hydrogen) atoms. The van der Waals surface area contributed by atoms with Crippen molar-refractivity contribution in [1.82, 2.24) is 0 Å². The number of aromatic hydroxyl groups is 1. The molecule has 0 unspecified atom stereocenters. The molecule has 0 radical (unpaired) electrons. The van der Waals surface area contributed by atoms with E-state index in [4.69, 9.17) is 0 Å². The Balaban J connectivity index is 2.47. The summed E-state index contributed by atoms with van der Waals surface area (Å²) in [6.07, 6.45) is 3.79. The van der Waals surface area contributed by atoms with E-state index in [-0.39, 0.29) is 11.4 Å². The normalized spacial score (nSPS) is 13.9. The fourth-order valence-electron chi connectivity index (χ4n) is 1.26. The lowest BCUT2D eigenvalue weighted by molar-refractivity contribution is -0.385. The molecule has 0 bridgehead atoms. The highest BCUT2D eigenvalue weighted by Crippen LogP contribution is 2.33. The second-order valence-electron chi connectivity index (χ2n) is 3.30. The lowest BCUT2D eigenvalue weighted by Crippen LogP contribution is -1.90. The molecule has 4 nitrogen and oxygen atoms in total. The minimum absolute atomic E-state index is 0.0437. The first kappa shape index (κ1) is 8.74. The number of rotatable bonds is 2. The maximum Gasteiger partial charge on any atom is 0.276 e. The molecule has 1 aromatic rings. The highest BCUT2D eigenvalue weighted by Gasteiger charge is 2.16. The molecule has 0 aromatic heterocycles. The molecule has 72 valence electrons. The quantitative estimate of drug-likeness (QED) is 0.576. The van der Waals surface area contributed by atoms with Gasteiger partial charge in [0.15, 0.2) is 0 Å². The van der Waals surface area contributed by atoms with Crippen LogP contribution in [-0.4, -0.2) is 10.0 Å². The molecule has 1 aliphatic rings. The highest BCUT2D eigenvalue weighted by molar-refractivity contribution is 5.66. The summed E-state index contributed by atoms with van der Waals surface area (Å²) < 4.78 is 0. The second kappa shape index (κ2) is 3.14. The smallest absolute Gasteiger partial charge is 0.276 e. The van der Waals surface area contributed by atoms with Gasteiger partial charge in [-0.1, -0.05) is 5.57 Å². The Morgan fingerprint density at radius 1 is 1.43 bits per heavy atom. The van der Waals surface area contributed by atoms with E-state index in [1.54, 1.807) is 6.08 Å². The van der Waals surface area contributed by atoms with Crippen molar-refractivity contribution in [3.8, 4) is 5.75 Å². The van der Waals surface area contributed by atoms with Crippen LogP contribution >= 0.6 is 0 Å². The van der Waals surface area contributed by atoms with Crippen LogP contribution in [0.25, 0.3) is 6.08 Å². The van der Waals surface area contributed by atoms with Gasteiger partial charge < -0.3 is 5.11 Å². The Labute approximate surface area is 80.6 Å². The molecule has 0 heterocycles. The highest BCUT2D eigenvalue weighted by atomic mass is 16.6. The van der Waals surface area contributed by atoms with Gasteiger partial charge in [0, 0.05) is 6.07 Å². The predicted molar refractivity (Wildman–Crippen MR) is 52.0 cm³/mol. The van der Waals surface area contributed by atoms with Crippen molar-refractivity contribution < 1.29 is 10.0 Å². The monoisotopic (exact) mass is 191 g/mol. The molecular formula is C10H9NO3.